The molecule has 2 atom stereocenters. The number of carbonyl (C=O) groups is 1. The lowest BCUT2D eigenvalue weighted by molar-refractivity contribution is 0.0659. The van der Waals surface area contributed by atoms with E-state index < -0.39 is 0 Å². The molecule has 128 valence electrons. The van der Waals surface area contributed by atoms with Crippen molar-refractivity contribution in [2.24, 2.45) is 0 Å². The number of nitrogens with zero attached hydrogens (tertiary/aromatic N) is 3. The number of nitrogens with one attached hydrogen (secondary N) is 1. The Morgan fingerprint density at radius 2 is 2.08 bits per heavy atom. The molecule has 2 fully saturated rings. The molecule has 0 spiro atoms. The van der Waals surface area contributed by atoms with Gasteiger partial charge in [-0.25, -0.2) is 4.98 Å². The van der Waals surface area contributed by atoms with Crippen LogP contribution in [0.25, 0.3) is 11.3 Å². The van der Waals surface area contributed by atoms with Gasteiger partial charge >= 0.3 is 0 Å². The van der Waals surface area contributed by atoms with E-state index in [4.69, 9.17) is 0 Å². The lowest BCUT2D eigenvalue weighted by Gasteiger charge is -2.33. The van der Waals surface area contributed by atoms with Crippen LogP contribution in [0.2, 0.25) is 0 Å². The molecule has 2 saturated heterocycles. The van der Waals surface area contributed by atoms with Gasteiger partial charge in [-0.3, -0.25) is 4.79 Å². The number of rotatable bonds is 3. The van der Waals surface area contributed by atoms with Gasteiger partial charge < -0.3 is 14.8 Å². The van der Waals surface area contributed by atoms with Gasteiger partial charge in [-0.15, -0.1) is 11.3 Å². The first-order chi connectivity index (χ1) is 11.6. The molecule has 4 rings (SSSR count). The number of aromatic nitrogens is 2. The molecule has 2 aromatic heterocycles. The van der Waals surface area contributed by atoms with Crippen molar-refractivity contribution in [3.05, 3.63) is 28.3 Å². The zero-order valence-corrected chi connectivity index (χ0v) is 15.1. The summed E-state index contributed by atoms with van der Waals surface area (Å²) in [7, 11) is 2.19. The fourth-order valence-corrected chi connectivity index (χ4v) is 4.81. The third kappa shape index (κ3) is 2.78. The predicted molar refractivity (Wildman–Crippen MR) is 96.3 cm³/mol. The number of thiazole rings is 1. The SMILES string of the molecule is Cc1nc(-c2c[nH]c(C(=O)N3CCCC3C3CCCN3C)c2)cs1. The minimum atomic E-state index is 0.135. The van der Waals surface area contributed by atoms with Gasteiger partial charge in [0.2, 0.25) is 0 Å². The molecule has 2 unspecified atom stereocenters. The molecule has 5 nitrogen and oxygen atoms in total. The van der Waals surface area contributed by atoms with Crippen molar-refractivity contribution in [3.63, 3.8) is 0 Å². The molecule has 24 heavy (non-hydrogen) atoms. The topological polar surface area (TPSA) is 52.2 Å². The van der Waals surface area contributed by atoms with Crippen LogP contribution in [0.4, 0.5) is 0 Å². The molecule has 2 aliphatic rings. The van der Waals surface area contributed by atoms with E-state index in [1.54, 1.807) is 11.3 Å². The van der Waals surface area contributed by atoms with E-state index >= 15 is 0 Å². The molecule has 0 radical (unpaired) electrons. The molecule has 0 saturated carbocycles. The lowest BCUT2D eigenvalue weighted by atomic mass is 10.0. The van der Waals surface area contributed by atoms with Gasteiger partial charge in [0.15, 0.2) is 0 Å². The summed E-state index contributed by atoms with van der Waals surface area (Å²) in [5, 5.41) is 3.08. The van der Waals surface area contributed by atoms with Crippen LogP contribution in [0, 0.1) is 6.92 Å². The number of hydrogen-bond donors (Lipinski definition) is 1. The van der Waals surface area contributed by atoms with E-state index in [9.17, 15) is 4.79 Å². The van der Waals surface area contributed by atoms with Crippen LogP contribution >= 0.6 is 11.3 Å². The van der Waals surface area contributed by atoms with Crippen molar-refractivity contribution in [1.82, 2.24) is 19.8 Å². The largest absolute Gasteiger partial charge is 0.357 e. The van der Waals surface area contributed by atoms with Gasteiger partial charge in [-0.2, -0.15) is 0 Å². The molecular weight excluding hydrogens is 320 g/mol. The highest BCUT2D eigenvalue weighted by Crippen LogP contribution is 2.30. The van der Waals surface area contributed by atoms with Crippen LogP contribution in [0.5, 0.6) is 0 Å². The second kappa shape index (κ2) is 6.33. The maximum atomic E-state index is 13.0. The van der Waals surface area contributed by atoms with Gasteiger partial charge in [0, 0.05) is 35.8 Å². The third-order valence-electron chi connectivity index (χ3n) is 5.41. The number of aromatic amines is 1. The Bertz CT molecular complexity index is 737. The first-order valence-electron chi connectivity index (χ1n) is 8.75. The highest BCUT2D eigenvalue weighted by atomic mass is 32.1. The van der Waals surface area contributed by atoms with Crippen LogP contribution in [0.15, 0.2) is 17.6 Å². The van der Waals surface area contributed by atoms with E-state index in [0.29, 0.717) is 17.8 Å². The molecule has 0 aromatic carbocycles. The molecular formula is C18H24N4OS. The van der Waals surface area contributed by atoms with Crippen molar-refractivity contribution in [1.29, 1.82) is 0 Å². The first kappa shape index (κ1) is 15.8. The third-order valence-corrected chi connectivity index (χ3v) is 6.18. The summed E-state index contributed by atoms with van der Waals surface area (Å²) in [4.78, 5) is 25.2. The summed E-state index contributed by atoms with van der Waals surface area (Å²) >= 11 is 1.63. The maximum Gasteiger partial charge on any atom is 0.270 e. The number of amides is 1. The fourth-order valence-electron chi connectivity index (χ4n) is 4.18. The second-order valence-corrected chi connectivity index (χ2v) is 8.01. The monoisotopic (exact) mass is 344 g/mol. The van der Waals surface area contributed by atoms with E-state index in [1.165, 1.54) is 12.8 Å². The Morgan fingerprint density at radius 3 is 2.79 bits per heavy atom. The average molecular weight is 344 g/mol. The first-order valence-corrected chi connectivity index (χ1v) is 9.63. The Balaban J connectivity index is 1.54. The summed E-state index contributed by atoms with van der Waals surface area (Å²) in [6.07, 6.45) is 6.59. The van der Waals surface area contributed by atoms with Crippen LogP contribution in [0.1, 0.15) is 41.2 Å². The summed E-state index contributed by atoms with van der Waals surface area (Å²) in [5.41, 5.74) is 2.63. The number of aryl methyl sites for hydroxylation is 1. The highest BCUT2D eigenvalue weighted by Gasteiger charge is 2.38. The number of carbonyl (C=O) groups excluding carboxylic acids is 1. The Hall–Kier alpha value is -1.66. The van der Waals surface area contributed by atoms with Gasteiger partial charge in [0.1, 0.15) is 5.69 Å². The second-order valence-electron chi connectivity index (χ2n) is 6.95. The predicted octanol–water partition coefficient (Wildman–Crippen LogP) is 3.15. The number of hydrogen-bond acceptors (Lipinski definition) is 4. The van der Waals surface area contributed by atoms with Crippen molar-refractivity contribution in [2.75, 3.05) is 20.1 Å². The van der Waals surface area contributed by atoms with Crippen LogP contribution < -0.4 is 0 Å². The molecule has 2 aliphatic heterocycles. The van der Waals surface area contributed by atoms with E-state index in [1.807, 2.05) is 24.6 Å². The van der Waals surface area contributed by atoms with Gasteiger partial charge in [0.25, 0.3) is 5.91 Å². The normalized spacial score (nSPS) is 24.8. The zero-order chi connectivity index (χ0) is 16.7. The Kier molecular flexibility index (Phi) is 4.18. The number of likely N-dealkylation sites (tertiary alicyclic amines) is 2. The van der Waals surface area contributed by atoms with E-state index in [0.717, 1.165) is 42.2 Å². The minimum Gasteiger partial charge on any atom is -0.357 e. The van der Waals surface area contributed by atoms with Crippen LogP contribution in [-0.2, 0) is 0 Å². The fraction of sp³-hybridized carbons (Fsp3) is 0.556. The Labute approximate surface area is 146 Å². The van der Waals surface area contributed by atoms with E-state index in [-0.39, 0.29) is 5.91 Å². The highest BCUT2D eigenvalue weighted by molar-refractivity contribution is 7.09. The van der Waals surface area contributed by atoms with Crippen molar-refractivity contribution in [3.8, 4) is 11.3 Å². The summed E-state index contributed by atoms with van der Waals surface area (Å²) < 4.78 is 0. The molecule has 4 heterocycles. The summed E-state index contributed by atoms with van der Waals surface area (Å²) in [6, 6.07) is 2.83. The quantitative estimate of drug-likeness (QED) is 0.931. The lowest BCUT2D eigenvalue weighted by Crippen LogP contribution is -2.47. The average Bonchev–Trinajstić information content (AvgIpc) is 3.33. The van der Waals surface area contributed by atoms with E-state index in [2.05, 4.69) is 26.8 Å². The maximum absolute atomic E-state index is 13.0. The van der Waals surface area contributed by atoms with Crippen molar-refractivity contribution < 1.29 is 4.79 Å². The number of likely N-dealkylation sites (N-methyl/N-ethyl adjacent to an activating group) is 1. The summed E-state index contributed by atoms with van der Waals surface area (Å²) in [6.45, 7) is 4.02. The molecule has 0 bridgehead atoms. The van der Waals surface area contributed by atoms with Crippen molar-refractivity contribution in [2.45, 2.75) is 44.7 Å². The molecule has 1 N–H and O–H groups in total. The Morgan fingerprint density at radius 1 is 1.29 bits per heavy atom. The molecule has 1 amide bonds. The minimum absolute atomic E-state index is 0.135. The summed E-state index contributed by atoms with van der Waals surface area (Å²) in [5.74, 6) is 0.135. The molecule has 6 heteroatoms. The van der Waals surface area contributed by atoms with Gasteiger partial charge in [0.05, 0.1) is 10.7 Å². The zero-order valence-electron chi connectivity index (χ0n) is 14.3. The van der Waals surface area contributed by atoms with Gasteiger partial charge in [-0.05, 0) is 52.3 Å². The van der Waals surface area contributed by atoms with Crippen molar-refractivity contribution >= 4 is 17.2 Å². The van der Waals surface area contributed by atoms with Crippen LogP contribution in [-0.4, -0.2) is 57.9 Å². The van der Waals surface area contributed by atoms with Gasteiger partial charge in [-0.1, -0.05) is 0 Å². The molecule has 0 aliphatic carbocycles. The smallest absolute Gasteiger partial charge is 0.270 e. The number of H-pyrrole nitrogens is 1. The molecule has 2 aromatic rings. The standard InChI is InChI=1S/C18H24N4OS/c1-12-20-15(11-24-12)13-9-14(19-10-13)18(23)22-8-4-6-17(22)16-5-3-7-21(16)2/h9-11,16-17,19H,3-8H2,1-2H3. The van der Waals surface area contributed by atoms with Crippen LogP contribution in [0.3, 0.4) is 0 Å².